The molecule has 1 amide bonds. The molecule has 7 nitrogen and oxygen atoms in total. The highest BCUT2D eigenvalue weighted by atomic mass is 16.5. The third-order valence-electron chi connectivity index (χ3n) is 4.87. The molecule has 0 saturated heterocycles. The van der Waals surface area contributed by atoms with E-state index in [1.807, 2.05) is 44.2 Å². The van der Waals surface area contributed by atoms with E-state index < -0.39 is 0 Å². The fraction of sp³-hybridized carbons (Fsp3) is 0.333. The maximum atomic E-state index is 12.8. The molecule has 3 rings (SSSR count). The highest BCUT2D eigenvalue weighted by Gasteiger charge is 2.20. The first-order valence-electron chi connectivity index (χ1n) is 9.31. The van der Waals surface area contributed by atoms with E-state index in [-0.39, 0.29) is 30.5 Å². The summed E-state index contributed by atoms with van der Waals surface area (Å²) in [5, 5.41) is 8.52. The van der Waals surface area contributed by atoms with Gasteiger partial charge in [-0.25, -0.2) is 4.68 Å². The Kier molecular flexibility index (Phi) is 6.03. The second-order valence-corrected chi connectivity index (χ2v) is 6.52. The molecule has 7 heteroatoms. The van der Waals surface area contributed by atoms with Gasteiger partial charge < -0.3 is 9.64 Å². The van der Waals surface area contributed by atoms with E-state index in [1.165, 1.54) is 4.68 Å². The van der Waals surface area contributed by atoms with Crippen molar-refractivity contribution in [3.05, 3.63) is 64.4 Å². The predicted octanol–water partition coefficient (Wildman–Crippen LogP) is 2.80. The monoisotopic (exact) mass is 380 g/mol. The summed E-state index contributed by atoms with van der Waals surface area (Å²) in [5.41, 5.74) is 1.32. The molecule has 0 aliphatic rings. The summed E-state index contributed by atoms with van der Waals surface area (Å²) in [6.45, 7) is 4.68. The number of hydrogen-bond donors (Lipinski definition) is 0. The smallest absolute Gasteiger partial charge is 0.277 e. The van der Waals surface area contributed by atoms with Crippen molar-refractivity contribution in [2.45, 2.75) is 32.9 Å². The normalized spacial score (nSPS) is 12.0. The van der Waals surface area contributed by atoms with Crippen molar-refractivity contribution in [2.24, 2.45) is 0 Å². The number of aryl methyl sites for hydroxylation is 1. The van der Waals surface area contributed by atoms with Gasteiger partial charge in [0.15, 0.2) is 0 Å². The minimum absolute atomic E-state index is 0.0420. The lowest BCUT2D eigenvalue weighted by atomic mass is 10.1. The highest BCUT2D eigenvalue weighted by Crippen LogP contribution is 2.24. The van der Waals surface area contributed by atoms with Gasteiger partial charge in [0.05, 0.1) is 25.1 Å². The summed E-state index contributed by atoms with van der Waals surface area (Å²) in [4.78, 5) is 27.1. The molecule has 146 valence electrons. The number of methoxy groups -OCH3 is 1. The summed E-state index contributed by atoms with van der Waals surface area (Å²) in [7, 11) is 1.62. The molecular formula is C21H24N4O3. The maximum absolute atomic E-state index is 12.8. The quantitative estimate of drug-likeness (QED) is 0.630. The van der Waals surface area contributed by atoms with Crippen LogP contribution in [0.25, 0.3) is 10.9 Å². The number of carbonyl (C=O) groups is 1. The van der Waals surface area contributed by atoms with Crippen molar-refractivity contribution in [1.82, 2.24) is 19.9 Å². The van der Waals surface area contributed by atoms with Gasteiger partial charge in [0, 0.05) is 13.0 Å². The van der Waals surface area contributed by atoms with Crippen LogP contribution >= 0.6 is 0 Å². The third-order valence-corrected chi connectivity index (χ3v) is 4.87. The van der Waals surface area contributed by atoms with Crippen LogP contribution in [0, 0.1) is 0 Å². The third kappa shape index (κ3) is 4.03. The Morgan fingerprint density at radius 1 is 1.21 bits per heavy atom. The lowest BCUT2D eigenvalue weighted by Gasteiger charge is -2.28. The molecule has 3 aromatic rings. The van der Waals surface area contributed by atoms with E-state index >= 15 is 0 Å². The Hall–Kier alpha value is -3.22. The molecular weight excluding hydrogens is 356 g/mol. The van der Waals surface area contributed by atoms with Crippen molar-refractivity contribution in [2.75, 3.05) is 13.7 Å². The topological polar surface area (TPSA) is 77.3 Å². The van der Waals surface area contributed by atoms with Crippen molar-refractivity contribution in [3.63, 3.8) is 0 Å². The lowest BCUT2D eigenvalue weighted by molar-refractivity contribution is -0.133. The van der Waals surface area contributed by atoms with Crippen LogP contribution in [0.3, 0.4) is 0 Å². The molecule has 28 heavy (non-hydrogen) atoms. The van der Waals surface area contributed by atoms with Crippen LogP contribution < -0.4 is 10.3 Å². The van der Waals surface area contributed by atoms with E-state index in [9.17, 15) is 9.59 Å². The number of nitrogens with zero attached hydrogens (tertiary/aromatic N) is 4. The largest absolute Gasteiger partial charge is 0.497 e. The van der Waals surface area contributed by atoms with Crippen LogP contribution in [0.4, 0.5) is 0 Å². The van der Waals surface area contributed by atoms with E-state index in [0.29, 0.717) is 17.4 Å². The average molecular weight is 380 g/mol. The first-order chi connectivity index (χ1) is 13.5. The van der Waals surface area contributed by atoms with Crippen LogP contribution in [0.15, 0.2) is 53.3 Å². The van der Waals surface area contributed by atoms with E-state index in [1.54, 1.807) is 30.2 Å². The number of aromatic nitrogens is 3. The summed E-state index contributed by atoms with van der Waals surface area (Å²) in [6.07, 6.45) is 0.176. The Morgan fingerprint density at radius 2 is 2.00 bits per heavy atom. The zero-order chi connectivity index (χ0) is 20.1. The van der Waals surface area contributed by atoms with Gasteiger partial charge in [0.25, 0.3) is 5.56 Å². The maximum Gasteiger partial charge on any atom is 0.277 e. The van der Waals surface area contributed by atoms with Gasteiger partial charge in [0.2, 0.25) is 5.91 Å². The Labute approximate surface area is 163 Å². The number of carbonyl (C=O) groups excluding carboxylic acids is 1. The standard InChI is InChI=1S/C21H24N4O3/c1-4-24(15(2)16-8-7-9-17(14-16)28-3)20(26)12-13-25-21(27)18-10-5-6-11-19(18)22-23-25/h5-11,14-15H,4,12-13H2,1-3H3. The van der Waals surface area contributed by atoms with Crippen LogP contribution in [0.1, 0.15) is 31.9 Å². The van der Waals surface area contributed by atoms with Gasteiger partial charge in [-0.3, -0.25) is 9.59 Å². The van der Waals surface area contributed by atoms with Crippen LogP contribution in [0.5, 0.6) is 5.75 Å². The second-order valence-electron chi connectivity index (χ2n) is 6.52. The number of rotatable bonds is 7. The SMILES string of the molecule is CCN(C(=O)CCn1nnc2ccccc2c1=O)C(C)c1cccc(OC)c1. The van der Waals surface area contributed by atoms with E-state index in [2.05, 4.69) is 10.3 Å². The summed E-state index contributed by atoms with van der Waals surface area (Å²) < 4.78 is 6.53. The average Bonchev–Trinajstić information content (AvgIpc) is 2.74. The molecule has 1 aromatic heterocycles. The number of amides is 1. The molecule has 0 saturated carbocycles. The molecule has 1 atom stereocenters. The van der Waals surface area contributed by atoms with Crippen molar-refractivity contribution in [1.29, 1.82) is 0 Å². The highest BCUT2D eigenvalue weighted by molar-refractivity contribution is 5.77. The van der Waals surface area contributed by atoms with Gasteiger partial charge in [-0.05, 0) is 43.7 Å². The molecule has 1 heterocycles. The number of hydrogen-bond acceptors (Lipinski definition) is 5. The second kappa shape index (κ2) is 8.65. The van der Waals surface area contributed by atoms with Crippen LogP contribution in [-0.2, 0) is 11.3 Å². The first kappa shape index (κ1) is 19.5. The fourth-order valence-corrected chi connectivity index (χ4v) is 3.26. The van der Waals surface area contributed by atoms with E-state index in [0.717, 1.165) is 11.3 Å². The fourth-order valence-electron chi connectivity index (χ4n) is 3.26. The van der Waals surface area contributed by atoms with Crippen LogP contribution in [0.2, 0.25) is 0 Å². The first-order valence-corrected chi connectivity index (χ1v) is 9.31. The number of benzene rings is 2. The summed E-state index contributed by atoms with van der Waals surface area (Å²) in [5.74, 6) is 0.713. The van der Waals surface area contributed by atoms with Gasteiger partial charge >= 0.3 is 0 Å². The lowest BCUT2D eigenvalue weighted by Crippen LogP contribution is -2.35. The van der Waals surface area contributed by atoms with Gasteiger partial charge in [-0.15, -0.1) is 5.10 Å². The van der Waals surface area contributed by atoms with Crippen molar-refractivity contribution >= 4 is 16.8 Å². The zero-order valence-electron chi connectivity index (χ0n) is 16.3. The molecule has 0 bridgehead atoms. The van der Waals surface area contributed by atoms with Crippen molar-refractivity contribution < 1.29 is 9.53 Å². The Balaban J connectivity index is 1.74. The summed E-state index contributed by atoms with van der Waals surface area (Å²) in [6, 6.07) is 14.6. The molecule has 0 spiro atoms. The van der Waals surface area contributed by atoms with Gasteiger partial charge in [0.1, 0.15) is 11.3 Å². The van der Waals surface area contributed by atoms with Crippen LogP contribution in [-0.4, -0.2) is 39.5 Å². The predicted molar refractivity (Wildman–Crippen MR) is 107 cm³/mol. The molecule has 2 aromatic carbocycles. The molecule has 0 aliphatic heterocycles. The molecule has 0 radical (unpaired) electrons. The Bertz CT molecular complexity index is 1030. The minimum Gasteiger partial charge on any atom is -0.497 e. The van der Waals surface area contributed by atoms with E-state index in [4.69, 9.17) is 4.74 Å². The molecule has 0 fully saturated rings. The molecule has 0 aliphatic carbocycles. The summed E-state index contributed by atoms with van der Waals surface area (Å²) >= 11 is 0. The van der Waals surface area contributed by atoms with Gasteiger partial charge in [-0.2, -0.15) is 0 Å². The number of ether oxygens (including phenoxy) is 1. The van der Waals surface area contributed by atoms with Gasteiger partial charge in [-0.1, -0.05) is 29.5 Å². The minimum atomic E-state index is -0.234. The molecule has 0 N–H and O–H groups in total. The molecule has 1 unspecified atom stereocenters. The van der Waals surface area contributed by atoms with Crippen molar-refractivity contribution in [3.8, 4) is 5.75 Å². The Morgan fingerprint density at radius 3 is 2.75 bits per heavy atom. The number of fused-ring (bicyclic) bond motifs is 1. The zero-order valence-corrected chi connectivity index (χ0v) is 16.3.